The first-order valence-electron chi connectivity index (χ1n) is 11.5. The van der Waals surface area contributed by atoms with E-state index in [-0.39, 0.29) is 5.91 Å². The second-order valence-electron chi connectivity index (χ2n) is 8.75. The summed E-state index contributed by atoms with van der Waals surface area (Å²) in [5.41, 5.74) is 5.15. The summed E-state index contributed by atoms with van der Waals surface area (Å²) in [6, 6.07) is 20.2. The minimum absolute atomic E-state index is 0.0625. The number of rotatable bonds is 5. The van der Waals surface area contributed by atoms with Gasteiger partial charge in [0.25, 0.3) is 5.91 Å². The molecule has 4 aromatic rings. The van der Waals surface area contributed by atoms with Gasteiger partial charge in [-0.25, -0.2) is 4.98 Å². The minimum Gasteiger partial charge on any atom is -0.493 e. The highest BCUT2D eigenvalue weighted by Gasteiger charge is 2.26. The Labute approximate surface area is 193 Å². The van der Waals surface area contributed by atoms with Crippen LogP contribution in [0, 0.1) is 12.8 Å². The SMILES string of the molecule is Cc1ccccc1OCC1CCCN(C(=O)c2cnc3cc(-c4ccccc4)n(C)c3n2)C1. The number of hydrogen-bond acceptors (Lipinski definition) is 4. The van der Waals surface area contributed by atoms with E-state index in [0.29, 0.717) is 24.8 Å². The first-order chi connectivity index (χ1) is 16.1. The highest BCUT2D eigenvalue weighted by Crippen LogP contribution is 2.26. The lowest BCUT2D eigenvalue weighted by Crippen LogP contribution is -2.42. The van der Waals surface area contributed by atoms with Crippen LogP contribution in [0.1, 0.15) is 28.9 Å². The third-order valence-electron chi connectivity index (χ3n) is 6.40. The number of aryl methyl sites for hydroxylation is 2. The fourth-order valence-electron chi connectivity index (χ4n) is 4.54. The van der Waals surface area contributed by atoms with Crippen LogP contribution in [0.3, 0.4) is 0 Å². The molecule has 0 aliphatic carbocycles. The lowest BCUT2D eigenvalue weighted by atomic mass is 9.98. The second kappa shape index (κ2) is 9.06. The maximum absolute atomic E-state index is 13.3. The van der Waals surface area contributed by atoms with E-state index < -0.39 is 0 Å². The van der Waals surface area contributed by atoms with E-state index in [9.17, 15) is 4.79 Å². The van der Waals surface area contributed by atoms with Crippen molar-refractivity contribution < 1.29 is 9.53 Å². The zero-order valence-corrected chi connectivity index (χ0v) is 19.1. The summed E-state index contributed by atoms with van der Waals surface area (Å²) >= 11 is 0. The molecule has 168 valence electrons. The molecule has 6 heteroatoms. The van der Waals surface area contributed by atoms with E-state index in [2.05, 4.69) is 17.1 Å². The molecule has 5 rings (SSSR count). The summed E-state index contributed by atoms with van der Waals surface area (Å²) in [5.74, 6) is 1.15. The quantitative estimate of drug-likeness (QED) is 0.444. The number of carbonyl (C=O) groups excluding carboxylic acids is 1. The zero-order chi connectivity index (χ0) is 22.8. The number of fused-ring (bicyclic) bond motifs is 1. The van der Waals surface area contributed by atoms with Crippen molar-refractivity contribution in [3.8, 4) is 17.0 Å². The van der Waals surface area contributed by atoms with Crippen molar-refractivity contribution in [2.24, 2.45) is 13.0 Å². The third kappa shape index (κ3) is 4.33. The number of piperidine rings is 1. The van der Waals surface area contributed by atoms with Gasteiger partial charge in [-0.15, -0.1) is 0 Å². The van der Waals surface area contributed by atoms with Crippen LogP contribution in [0.15, 0.2) is 66.9 Å². The van der Waals surface area contributed by atoms with E-state index in [1.54, 1.807) is 6.20 Å². The Morgan fingerprint density at radius 2 is 1.91 bits per heavy atom. The highest BCUT2D eigenvalue weighted by molar-refractivity contribution is 5.94. The molecule has 2 aromatic carbocycles. The smallest absolute Gasteiger partial charge is 0.274 e. The molecule has 1 fully saturated rings. The Kier molecular flexibility index (Phi) is 5.82. The first-order valence-corrected chi connectivity index (χ1v) is 11.5. The van der Waals surface area contributed by atoms with Gasteiger partial charge in [-0.3, -0.25) is 9.78 Å². The molecule has 0 bridgehead atoms. The Bertz CT molecular complexity index is 1280. The number of para-hydroxylation sites is 1. The summed E-state index contributed by atoms with van der Waals surface area (Å²) in [7, 11) is 1.97. The van der Waals surface area contributed by atoms with Crippen molar-refractivity contribution in [3.63, 3.8) is 0 Å². The number of aromatic nitrogens is 3. The molecule has 33 heavy (non-hydrogen) atoms. The molecule has 0 saturated carbocycles. The molecule has 1 atom stereocenters. The van der Waals surface area contributed by atoms with Gasteiger partial charge in [0.05, 0.1) is 18.5 Å². The lowest BCUT2D eigenvalue weighted by Gasteiger charge is -2.32. The first kappa shape index (κ1) is 21.2. The van der Waals surface area contributed by atoms with Crippen molar-refractivity contribution in [2.45, 2.75) is 19.8 Å². The number of likely N-dealkylation sites (tertiary alicyclic amines) is 1. The van der Waals surface area contributed by atoms with Crippen molar-refractivity contribution in [1.29, 1.82) is 0 Å². The summed E-state index contributed by atoms with van der Waals surface area (Å²) in [5, 5.41) is 0. The Balaban J connectivity index is 1.31. The molecule has 0 radical (unpaired) electrons. The maximum atomic E-state index is 13.3. The van der Waals surface area contributed by atoms with Gasteiger partial charge in [0.1, 0.15) is 17.0 Å². The van der Waals surface area contributed by atoms with E-state index in [1.165, 1.54) is 0 Å². The lowest BCUT2D eigenvalue weighted by molar-refractivity contribution is 0.0627. The van der Waals surface area contributed by atoms with Gasteiger partial charge >= 0.3 is 0 Å². The average Bonchev–Trinajstić information content (AvgIpc) is 3.19. The molecule has 1 amide bonds. The predicted molar refractivity (Wildman–Crippen MR) is 129 cm³/mol. The number of benzene rings is 2. The maximum Gasteiger partial charge on any atom is 0.274 e. The topological polar surface area (TPSA) is 60.2 Å². The highest BCUT2D eigenvalue weighted by atomic mass is 16.5. The van der Waals surface area contributed by atoms with Gasteiger partial charge in [0.15, 0.2) is 5.65 Å². The van der Waals surface area contributed by atoms with Crippen LogP contribution in [-0.4, -0.2) is 45.0 Å². The number of amides is 1. The molecule has 0 N–H and O–H groups in total. The van der Waals surface area contributed by atoms with Gasteiger partial charge < -0.3 is 14.2 Å². The zero-order valence-electron chi connectivity index (χ0n) is 19.1. The fraction of sp³-hybridized carbons (Fsp3) is 0.296. The summed E-state index contributed by atoms with van der Waals surface area (Å²) < 4.78 is 8.06. The van der Waals surface area contributed by atoms with Crippen LogP contribution in [-0.2, 0) is 7.05 Å². The van der Waals surface area contributed by atoms with E-state index >= 15 is 0 Å². The molecular formula is C27H28N4O2. The normalized spacial score (nSPS) is 16.2. The van der Waals surface area contributed by atoms with Gasteiger partial charge in [-0.1, -0.05) is 48.5 Å². The molecular weight excluding hydrogens is 412 g/mol. The molecule has 1 aliphatic rings. The second-order valence-corrected chi connectivity index (χ2v) is 8.75. The van der Waals surface area contributed by atoms with Gasteiger partial charge in [-0.2, -0.15) is 0 Å². The molecule has 2 aromatic heterocycles. The molecule has 1 unspecified atom stereocenters. The standard InChI is InChI=1S/C27H28N4O2/c1-19-9-6-7-13-25(19)33-18-20-10-8-14-31(17-20)27(32)23-16-28-22-15-24(30(2)26(22)29-23)21-11-4-3-5-12-21/h3-7,9,11-13,15-16,20H,8,10,14,17-18H2,1-2H3. The molecule has 0 spiro atoms. The third-order valence-corrected chi connectivity index (χ3v) is 6.40. The van der Waals surface area contributed by atoms with Crippen LogP contribution in [0.25, 0.3) is 22.4 Å². The number of ether oxygens (including phenoxy) is 1. The Hall–Kier alpha value is -3.67. The van der Waals surface area contributed by atoms with E-state index in [4.69, 9.17) is 9.72 Å². The molecule has 1 saturated heterocycles. The summed E-state index contributed by atoms with van der Waals surface area (Å²) in [4.78, 5) is 24.4. The van der Waals surface area contributed by atoms with Crippen LogP contribution < -0.4 is 4.74 Å². The summed E-state index contributed by atoms with van der Waals surface area (Å²) in [6.07, 6.45) is 3.62. The number of hydrogen-bond donors (Lipinski definition) is 0. The van der Waals surface area contributed by atoms with Gasteiger partial charge in [0, 0.05) is 26.1 Å². The van der Waals surface area contributed by atoms with Crippen molar-refractivity contribution >= 4 is 17.1 Å². The number of carbonyl (C=O) groups is 1. The van der Waals surface area contributed by atoms with Gasteiger partial charge in [-0.05, 0) is 43.0 Å². The monoisotopic (exact) mass is 440 g/mol. The molecule has 3 heterocycles. The van der Waals surface area contributed by atoms with Crippen LogP contribution >= 0.6 is 0 Å². The van der Waals surface area contributed by atoms with Crippen molar-refractivity contribution in [3.05, 3.63) is 78.1 Å². The van der Waals surface area contributed by atoms with E-state index in [1.807, 2.05) is 72.0 Å². The van der Waals surface area contributed by atoms with Crippen LogP contribution in [0.5, 0.6) is 5.75 Å². The van der Waals surface area contributed by atoms with Crippen LogP contribution in [0.4, 0.5) is 0 Å². The Morgan fingerprint density at radius 3 is 2.73 bits per heavy atom. The van der Waals surface area contributed by atoms with Gasteiger partial charge in [0.2, 0.25) is 0 Å². The Morgan fingerprint density at radius 1 is 1.12 bits per heavy atom. The predicted octanol–water partition coefficient (Wildman–Crippen LogP) is 4.87. The van der Waals surface area contributed by atoms with E-state index in [0.717, 1.165) is 53.1 Å². The van der Waals surface area contributed by atoms with Crippen molar-refractivity contribution in [2.75, 3.05) is 19.7 Å². The largest absolute Gasteiger partial charge is 0.493 e. The molecule has 6 nitrogen and oxygen atoms in total. The average molecular weight is 441 g/mol. The fourth-order valence-corrected chi connectivity index (χ4v) is 4.54. The number of nitrogens with zero attached hydrogens (tertiary/aromatic N) is 4. The summed E-state index contributed by atoms with van der Waals surface area (Å²) in [6.45, 7) is 4.07. The molecule has 1 aliphatic heterocycles. The minimum atomic E-state index is -0.0625. The van der Waals surface area contributed by atoms with Crippen molar-refractivity contribution in [1.82, 2.24) is 19.4 Å². The van der Waals surface area contributed by atoms with Crippen LogP contribution in [0.2, 0.25) is 0 Å².